The maximum Gasteiger partial charge on any atom is 0.262 e. The maximum absolute atomic E-state index is 12.8. The molecule has 2 N–H and O–H groups in total. The van der Waals surface area contributed by atoms with Gasteiger partial charge in [-0.1, -0.05) is 19.1 Å². The number of nitriles is 1. The number of amides is 2. The highest BCUT2D eigenvalue weighted by atomic mass is 16.5. The average molecular weight is 437 g/mol. The molecule has 2 rings (SSSR count). The summed E-state index contributed by atoms with van der Waals surface area (Å²) in [6.45, 7) is 10.3. The molecule has 0 radical (unpaired) electrons. The van der Waals surface area contributed by atoms with E-state index in [1.165, 1.54) is 0 Å². The van der Waals surface area contributed by atoms with Crippen LogP contribution in [0.25, 0.3) is 6.08 Å². The van der Waals surface area contributed by atoms with Crippen molar-refractivity contribution in [3.8, 4) is 6.07 Å². The summed E-state index contributed by atoms with van der Waals surface area (Å²) in [4.78, 5) is 24.3. The number of methoxy groups -OCH3 is 1. The lowest BCUT2D eigenvalue weighted by Gasteiger charge is -2.17. The van der Waals surface area contributed by atoms with Gasteiger partial charge in [-0.05, 0) is 63.1 Å². The molecule has 0 aliphatic carbocycles. The van der Waals surface area contributed by atoms with Crippen molar-refractivity contribution in [3.05, 3.63) is 58.4 Å². The van der Waals surface area contributed by atoms with Crippen LogP contribution >= 0.6 is 0 Å². The second kappa shape index (κ2) is 11.3. The molecular formula is C25H32N4O3. The lowest BCUT2D eigenvalue weighted by atomic mass is 10.1. The smallest absolute Gasteiger partial charge is 0.262 e. The number of hydrogen-bond donors (Lipinski definition) is 2. The number of carbonyl (C=O) groups is 2. The Kier molecular flexibility index (Phi) is 8.80. The monoisotopic (exact) mass is 436 g/mol. The zero-order valence-corrected chi connectivity index (χ0v) is 19.7. The summed E-state index contributed by atoms with van der Waals surface area (Å²) in [5.41, 5.74) is 4.47. The van der Waals surface area contributed by atoms with Gasteiger partial charge in [-0.25, -0.2) is 0 Å². The molecule has 7 nitrogen and oxygen atoms in total. The first-order valence-corrected chi connectivity index (χ1v) is 10.7. The quantitative estimate of drug-likeness (QED) is 0.448. The fourth-order valence-electron chi connectivity index (χ4n) is 3.71. The number of ether oxygens (including phenoxy) is 1. The van der Waals surface area contributed by atoms with Crippen LogP contribution in [0.15, 0.2) is 35.9 Å². The summed E-state index contributed by atoms with van der Waals surface area (Å²) in [5, 5.41) is 15.3. The Morgan fingerprint density at radius 2 is 1.88 bits per heavy atom. The first kappa shape index (κ1) is 24.9. The van der Waals surface area contributed by atoms with Crippen LogP contribution in [-0.4, -0.2) is 30.1 Å². The molecule has 2 amide bonds. The highest BCUT2D eigenvalue weighted by molar-refractivity contribution is 6.02. The number of benzene rings is 1. The van der Waals surface area contributed by atoms with Gasteiger partial charge in [-0.3, -0.25) is 9.59 Å². The van der Waals surface area contributed by atoms with Crippen LogP contribution in [0.3, 0.4) is 0 Å². The van der Waals surface area contributed by atoms with Crippen molar-refractivity contribution in [1.82, 2.24) is 9.88 Å². The van der Waals surface area contributed by atoms with Gasteiger partial charge in [0.15, 0.2) is 0 Å². The van der Waals surface area contributed by atoms with Gasteiger partial charge in [0.2, 0.25) is 5.91 Å². The van der Waals surface area contributed by atoms with E-state index in [9.17, 15) is 14.9 Å². The fourth-order valence-corrected chi connectivity index (χ4v) is 3.71. The van der Waals surface area contributed by atoms with Crippen LogP contribution < -0.4 is 10.6 Å². The Labute approximate surface area is 190 Å². The molecule has 1 heterocycles. The van der Waals surface area contributed by atoms with Crippen LogP contribution in [0.1, 0.15) is 61.8 Å². The van der Waals surface area contributed by atoms with E-state index in [0.717, 1.165) is 22.5 Å². The third-order valence-electron chi connectivity index (χ3n) is 5.40. The molecule has 0 fully saturated rings. The Morgan fingerprint density at radius 3 is 2.44 bits per heavy atom. The highest BCUT2D eigenvalue weighted by Crippen LogP contribution is 2.23. The standard InChI is InChI=1S/C25H32N4O3/c1-7-24(30)28-23-10-8-20(9-11-23)18(4)27-25(31)22(14-26)13-21-12-16(2)29(19(21)5)17(3)15-32-6/h8-13,17-18H,7,15H2,1-6H3,(H,27,31)(H,28,30)/b22-13-. The molecule has 0 spiro atoms. The van der Waals surface area contributed by atoms with Crippen LogP contribution in [-0.2, 0) is 14.3 Å². The predicted molar refractivity (Wildman–Crippen MR) is 126 cm³/mol. The van der Waals surface area contributed by atoms with Gasteiger partial charge in [0.1, 0.15) is 11.6 Å². The van der Waals surface area contributed by atoms with Crippen molar-refractivity contribution < 1.29 is 14.3 Å². The molecule has 0 saturated carbocycles. The molecule has 7 heteroatoms. The Morgan fingerprint density at radius 1 is 1.22 bits per heavy atom. The normalized spacial score (nSPS) is 13.2. The SMILES string of the molecule is CCC(=O)Nc1ccc(C(C)NC(=O)/C(C#N)=C\c2cc(C)n(C(C)COC)c2C)cc1. The lowest BCUT2D eigenvalue weighted by Crippen LogP contribution is -2.27. The summed E-state index contributed by atoms with van der Waals surface area (Å²) >= 11 is 0. The van der Waals surface area contributed by atoms with E-state index in [1.54, 1.807) is 32.2 Å². The summed E-state index contributed by atoms with van der Waals surface area (Å²) in [7, 11) is 1.67. The molecule has 2 unspecified atom stereocenters. The van der Waals surface area contributed by atoms with E-state index in [0.29, 0.717) is 18.7 Å². The molecule has 0 bridgehead atoms. The van der Waals surface area contributed by atoms with Crippen molar-refractivity contribution in [2.24, 2.45) is 0 Å². The van der Waals surface area contributed by atoms with Gasteiger partial charge in [0.05, 0.1) is 18.7 Å². The largest absolute Gasteiger partial charge is 0.383 e. The third-order valence-corrected chi connectivity index (χ3v) is 5.40. The fraction of sp³-hybridized carbons (Fsp3) is 0.400. The molecule has 32 heavy (non-hydrogen) atoms. The average Bonchev–Trinajstić information content (AvgIpc) is 3.05. The van der Waals surface area contributed by atoms with Gasteiger partial charge in [0, 0.05) is 30.6 Å². The predicted octanol–water partition coefficient (Wildman–Crippen LogP) is 4.45. The second-order valence-corrected chi connectivity index (χ2v) is 7.89. The number of aromatic nitrogens is 1. The topological polar surface area (TPSA) is 96.2 Å². The van der Waals surface area contributed by atoms with Gasteiger partial charge in [-0.2, -0.15) is 5.26 Å². The van der Waals surface area contributed by atoms with Crippen LogP contribution in [0.5, 0.6) is 0 Å². The molecule has 2 atom stereocenters. The molecule has 2 aromatic rings. The Balaban J connectivity index is 2.16. The number of nitrogens with one attached hydrogen (secondary N) is 2. The second-order valence-electron chi connectivity index (χ2n) is 7.89. The van der Waals surface area contributed by atoms with Gasteiger partial charge in [-0.15, -0.1) is 0 Å². The van der Waals surface area contributed by atoms with Crippen molar-refractivity contribution in [2.75, 3.05) is 19.0 Å². The van der Waals surface area contributed by atoms with E-state index in [2.05, 4.69) is 22.1 Å². The molecule has 0 saturated heterocycles. The number of carbonyl (C=O) groups excluding carboxylic acids is 2. The number of anilines is 1. The third kappa shape index (κ3) is 6.08. The summed E-state index contributed by atoms with van der Waals surface area (Å²) in [6.07, 6.45) is 2.04. The minimum Gasteiger partial charge on any atom is -0.383 e. The first-order valence-electron chi connectivity index (χ1n) is 10.7. The number of rotatable bonds is 9. The van der Waals surface area contributed by atoms with E-state index in [1.807, 2.05) is 45.0 Å². The highest BCUT2D eigenvalue weighted by Gasteiger charge is 2.17. The number of nitrogens with zero attached hydrogens (tertiary/aromatic N) is 2. The maximum atomic E-state index is 12.8. The van der Waals surface area contributed by atoms with Gasteiger partial charge >= 0.3 is 0 Å². The minimum absolute atomic E-state index is 0.0447. The van der Waals surface area contributed by atoms with Gasteiger partial charge in [0.25, 0.3) is 5.91 Å². The summed E-state index contributed by atoms with van der Waals surface area (Å²) in [6, 6.07) is 11.1. The lowest BCUT2D eigenvalue weighted by molar-refractivity contribution is -0.118. The van der Waals surface area contributed by atoms with Crippen LogP contribution in [0, 0.1) is 25.2 Å². The van der Waals surface area contributed by atoms with Crippen molar-refractivity contribution in [2.45, 2.75) is 53.1 Å². The van der Waals surface area contributed by atoms with Crippen LogP contribution in [0.4, 0.5) is 5.69 Å². The number of aryl methyl sites for hydroxylation is 1. The number of hydrogen-bond acceptors (Lipinski definition) is 4. The molecule has 0 aliphatic heterocycles. The molecule has 170 valence electrons. The zero-order chi connectivity index (χ0) is 23.8. The molecule has 0 aliphatic rings. The van der Waals surface area contributed by atoms with Crippen LogP contribution in [0.2, 0.25) is 0 Å². The van der Waals surface area contributed by atoms with E-state index < -0.39 is 5.91 Å². The summed E-state index contributed by atoms with van der Waals surface area (Å²) in [5.74, 6) is -0.489. The minimum atomic E-state index is -0.432. The van der Waals surface area contributed by atoms with E-state index in [4.69, 9.17) is 4.74 Å². The zero-order valence-electron chi connectivity index (χ0n) is 19.7. The molecular weight excluding hydrogens is 404 g/mol. The Bertz CT molecular complexity index is 1030. The Hall–Kier alpha value is -3.37. The van der Waals surface area contributed by atoms with E-state index in [-0.39, 0.29) is 23.6 Å². The molecule has 1 aromatic heterocycles. The van der Waals surface area contributed by atoms with Gasteiger partial charge < -0.3 is 19.9 Å². The van der Waals surface area contributed by atoms with Crippen molar-refractivity contribution >= 4 is 23.6 Å². The molecule has 1 aromatic carbocycles. The van der Waals surface area contributed by atoms with Crippen molar-refractivity contribution in [3.63, 3.8) is 0 Å². The first-order chi connectivity index (χ1) is 15.2. The van der Waals surface area contributed by atoms with Crippen molar-refractivity contribution in [1.29, 1.82) is 5.26 Å². The summed E-state index contributed by atoms with van der Waals surface area (Å²) < 4.78 is 7.40. The van der Waals surface area contributed by atoms with E-state index >= 15 is 0 Å².